The van der Waals surface area contributed by atoms with Crippen LogP contribution >= 0.6 is 15.9 Å². The molecule has 0 radical (unpaired) electrons. The molecule has 0 saturated heterocycles. The third kappa shape index (κ3) is 4.98. The van der Waals surface area contributed by atoms with Crippen molar-refractivity contribution in [3.63, 3.8) is 0 Å². The molecular weight excluding hydrogens is 226 g/mol. The van der Waals surface area contributed by atoms with Gasteiger partial charge in [-0.3, -0.25) is 4.79 Å². The molecule has 0 aromatic carbocycles. The van der Waals surface area contributed by atoms with E-state index in [2.05, 4.69) is 26.0 Å². The lowest BCUT2D eigenvalue weighted by atomic mass is 10.2. The topological polar surface area (TPSA) is 75.1 Å². The summed E-state index contributed by atoms with van der Waals surface area (Å²) < 4.78 is 4.08. The maximum absolute atomic E-state index is 11.0. The second-order valence-electron chi connectivity index (χ2n) is 2.56. The van der Waals surface area contributed by atoms with Gasteiger partial charge < -0.3 is 4.74 Å². The Kier molecular flexibility index (Phi) is 4.70. The number of hydrogen-bond acceptors (Lipinski definition) is 3. The Labute approximate surface area is 78.8 Å². The van der Waals surface area contributed by atoms with Crippen LogP contribution in [0.5, 0.6) is 0 Å². The fourth-order valence-corrected chi connectivity index (χ4v) is 0.510. The van der Waals surface area contributed by atoms with Gasteiger partial charge in [-0.1, -0.05) is 21.0 Å². The predicted octanol–water partition coefficient (Wildman–Crippen LogP) is 2.01. The Hall–Kier alpha value is -0.740. The van der Waals surface area contributed by atoms with E-state index in [1.807, 2.05) is 0 Å². The number of nitrogens with zero attached hydrogens (tertiary/aromatic N) is 3. The molecule has 0 atom stereocenters. The first kappa shape index (κ1) is 11.3. The van der Waals surface area contributed by atoms with Crippen molar-refractivity contribution in [1.29, 1.82) is 0 Å². The van der Waals surface area contributed by atoms with Crippen LogP contribution in [0.3, 0.4) is 0 Å². The Morgan fingerprint density at radius 2 is 2.33 bits per heavy atom. The van der Waals surface area contributed by atoms with E-state index in [9.17, 15) is 4.79 Å². The van der Waals surface area contributed by atoms with E-state index in [0.29, 0.717) is 0 Å². The summed E-state index contributed by atoms with van der Waals surface area (Å²) in [5.41, 5.74) is 7.90. The van der Waals surface area contributed by atoms with Crippen LogP contribution in [0.4, 0.5) is 0 Å². The lowest BCUT2D eigenvalue weighted by Crippen LogP contribution is -2.27. The molecule has 0 aliphatic carbocycles. The lowest BCUT2D eigenvalue weighted by Gasteiger charge is -2.13. The molecule has 0 aromatic heterocycles. The van der Waals surface area contributed by atoms with Crippen LogP contribution < -0.4 is 0 Å². The van der Waals surface area contributed by atoms with Gasteiger partial charge in [0.15, 0.2) is 0 Å². The fraction of sp³-hybridized carbons (Fsp3) is 0.833. The highest BCUT2D eigenvalue weighted by Gasteiger charge is 2.24. The van der Waals surface area contributed by atoms with Crippen molar-refractivity contribution >= 4 is 21.9 Å². The van der Waals surface area contributed by atoms with Crippen molar-refractivity contribution in [2.45, 2.75) is 18.2 Å². The van der Waals surface area contributed by atoms with Crippen molar-refractivity contribution in [2.75, 3.05) is 13.2 Å². The van der Waals surface area contributed by atoms with Gasteiger partial charge >= 0.3 is 5.97 Å². The van der Waals surface area contributed by atoms with E-state index in [0.717, 1.165) is 0 Å². The molecule has 0 aliphatic heterocycles. The number of alkyl halides is 1. The third-order valence-electron chi connectivity index (χ3n) is 0.973. The Morgan fingerprint density at radius 3 is 2.75 bits per heavy atom. The molecule has 0 fully saturated rings. The minimum Gasteiger partial charge on any atom is -0.465 e. The monoisotopic (exact) mass is 235 g/mol. The van der Waals surface area contributed by atoms with Crippen LogP contribution in [0.2, 0.25) is 0 Å². The molecular formula is C6H10BrN3O2. The molecule has 0 heterocycles. The molecule has 0 spiro atoms. The highest BCUT2D eigenvalue weighted by molar-refractivity contribution is 9.10. The van der Waals surface area contributed by atoms with Crippen molar-refractivity contribution in [2.24, 2.45) is 5.11 Å². The molecule has 6 heteroatoms. The number of carbonyl (C=O) groups is 1. The standard InChI is InChI=1S/C6H10BrN3O2/c1-6(2,7)5(11)12-4-3-9-10-8/h3-4H2,1-2H3. The number of ether oxygens (including phenoxy) is 1. The molecule has 0 saturated carbocycles. The Bertz CT molecular complexity index is 205. The number of hydrogen-bond donors (Lipinski definition) is 0. The van der Waals surface area contributed by atoms with Crippen LogP contribution in [0.15, 0.2) is 5.11 Å². The van der Waals surface area contributed by atoms with Gasteiger partial charge in [-0.25, -0.2) is 0 Å². The van der Waals surface area contributed by atoms with Crippen LogP contribution in [-0.2, 0) is 9.53 Å². The maximum Gasteiger partial charge on any atom is 0.322 e. The Morgan fingerprint density at radius 1 is 1.75 bits per heavy atom. The average Bonchev–Trinajstić information content (AvgIpc) is 1.96. The summed E-state index contributed by atoms with van der Waals surface area (Å²) >= 11 is 3.14. The van der Waals surface area contributed by atoms with Crippen molar-refractivity contribution < 1.29 is 9.53 Å². The number of rotatable bonds is 4. The summed E-state index contributed by atoms with van der Waals surface area (Å²) in [4.78, 5) is 13.5. The minimum atomic E-state index is -0.677. The third-order valence-corrected chi connectivity index (χ3v) is 1.30. The van der Waals surface area contributed by atoms with E-state index in [-0.39, 0.29) is 19.1 Å². The van der Waals surface area contributed by atoms with Gasteiger partial charge in [0.25, 0.3) is 0 Å². The predicted molar refractivity (Wildman–Crippen MR) is 48.0 cm³/mol. The molecule has 0 N–H and O–H groups in total. The zero-order valence-electron chi connectivity index (χ0n) is 6.95. The van der Waals surface area contributed by atoms with Gasteiger partial charge in [0.05, 0.1) is 13.2 Å². The fourth-order valence-electron chi connectivity index (χ4n) is 0.396. The molecule has 0 aliphatic rings. The van der Waals surface area contributed by atoms with Crippen LogP contribution in [0.1, 0.15) is 13.8 Å². The second-order valence-corrected chi connectivity index (χ2v) is 4.55. The van der Waals surface area contributed by atoms with Crippen LogP contribution in [-0.4, -0.2) is 23.4 Å². The van der Waals surface area contributed by atoms with Gasteiger partial charge in [-0.2, -0.15) is 0 Å². The zero-order valence-corrected chi connectivity index (χ0v) is 8.54. The largest absolute Gasteiger partial charge is 0.465 e. The maximum atomic E-state index is 11.0. The van der Waals surface area contributed by atoms with Crippen molar-refractivity contribution in [3.05, 3.63) is 10.4 Å². The highest BCUT2D eigenvalue weighted by Crippen LogP contribution is 2.17. The first-order chi connectivity index (χ1) is 5.48. The molecule has 68 valence electrons. The Balaban J connectivity index is 3.65. The van der Waals surface area contributed by atoms with E-state index >= 15 is 0 Å². The van der Waals surface area contributed by atoms with Gasteiger partial charge in [-0.15, -0.1) is 0 Å². The first-order valence-corrected chi connectivity index (χ1v) is 4.15. The van der Waals surface area contributed by atoms with E-state index in [1.54, 1.807) is 13.8 Å². The van der Waals surface area contributed by atoms with Gasteiger partial charge in [-0.05, 0) is 19.4 Å². The summed E-state index contributed by atoms with van der Waals surface area (Å²) in [5, 5.41) is 3.21. The molecule has 5 nitrogen and oxygen atoms in total. The minimum absolute atomic E-state index is 0.123. The van der Waals surface area contributed by atoms with E-state index in [4.69, 9.17) is 10.3 Å². The van der Waals surface area contributed by atoms with Crippen molar-refractivity contribution in [3.8, 4) is 0 Å². The normalized spacial score (nSPS) is 10.2. The smallest absolute Gasteiger partial charge is 0.322 e. The van der Waals surface area contributed by atoms with E-state index < -0.39 is 4.32 Å². The SMILES string of the molecule is CC(C)(Br)C(=O)OCCN=[N+]=[N-]. The summed E-state index contributed by atoms with van der Waals surface area (Å²) in [6.07, 6.45) is 0. The molecule has 0 amide bonds. The molecule has 12 heavy (non-hydrogen) atoms. The average molecular weight is 236 g/mol. The number of esters is 1. The molecule has 0 bridgehead atoms. The second kappa shape index (κ2) is 5.00. The summed E-state index contributed by atoms with van der Waals surface area (Å²) in [6.45, 7) is 3.66. The van der Waals surface area contributed by atoms with Gasteiger partial charge in [0.1, 0.15) is 4.32 Å². The lowest BCUT2D eigenvalue weighted by molar-refractivity contribution is -0.145. The summed E-state index contributed by atoms with van der Waals surface area (Å²) in [5.74, 6) is -0.365. The number of carbonyl (C=O) groups excluding carboxylic acids is 1. The molecule has 0 aromatic rings. The first-order valence-electron chi connectivity index (χ1n) is 3.35. The number of halogens is 1. The summed E-state index contributed by atoms with van der Waals surface area (Å²) in [7, 11) is 0. The van der Waals surface area contributed by atoms with Gasteiger partial charge in [0.2, 0.25) is 0 Å². The highest BCUT2D eigenvalue weighted by atomic mass is 79.9. The summed E-state index contributed by atoms with van der Waals surface area (Å²) in [6, 6.07) is 0. The van der Waals surface area contributed by atoms with Gasteiger partial charge in [0, 0.05) is 4.91 Å². The van der Waals surface area contributed by atoms with Crippen LogP contribution in [0, 0.1) is 0 Å². The van der Waals surface area contributed by atoms with Crippen molar-refractivity contribution in [1.82, 2.24) is 0 Å². The number of azide groups is 1. The van der Waals surface area contributed by atoms with E-state index in [1.165, 1.54) is 0 Å². The molecule has 0 rings (SSSR count). The molecule has 0 unspecified atom stereocenters. The van der Waals surface area contributed by atoms with Crippen LogP contribution in [0.25, 0.3) is 10.4 Å². The quantitative estimate of drug-likeness (QED) is 0.187. The zero-order chi connectivity index (χ0) is 9.61.